The van der Waals surface area contributed by atoms with Crippen LogP contribution in [0.1, 0.15) is 42.4 Å². The van der Waals surface area contributed by atoms with Crippen molar-refractivity contribution in [2.24, 2.45) is 4.99 Å². The normalized spacial score (nSPS) is 17.8. The molecule has 108 valence electrons. The number of nitrogens with zero attached hydrogens (tertiary/aromatic N) is 1. The summed E-state index contributed by atoms with van der Waals surface area (Å²) >= 11 is 0. The summed E-state index contributed by atoms with van der Waals surface area (Å²) < 4.78 is 23.6. The molecular formula is C15H19NO3S. The highest BCUT2D eigenvalue weighted by Crippen LogP contribution is 2.44. The Balaban J connectivity index is 2.72. The van der Waals surface area contributed by atoms with Gasteiger partial charge in [-0.1, -0.05) is 12.8 Å². The van der Waals surface area contributed by atoms with Crippen molar-refractivity contribution >= 4 is 15.9 Å². The molecule has 1 aliphatic carbocycles. The molecule has 0 unspecified atom stereocenters. The van der Waals surface area contributed by atoms with Crippen molar-refractivity contribution in [2.75, 3.05) is 6.26 Å². The van der Waals surface area contributed by atoms with Crippen molar-refractivity contribution < 1.29 is 13.2 Å². The third-order valence-corrected chi connectivity index (χ3v) is 5.35. The Kier molecular flexibility index (Phi) is 3.85. The summed E-state index contributed by atoms with van der Waals surface area (Å²) in [5.74, 6) is 0. The largest absolute Gasteiger partial charge is 0.235 e. The van der Waals surface area contributed by atoms with E-state index in [1.54, 1.807) is 18.2 Å². The van der Waals surface area contributed by atoms with Crippen LogP contribution in [0.2, 0.25) is 0 Å². The van der Waals surface area contributed by atoms with E-state index in [-0.39, 0.29) is 0 Å². The fraction of sp³-hybridized carbons (Fsp3) is 0.533. The quantitative estimate of drug-likeness (QED) is 0.636. The van der Waals surface area contributed by atoms with Crippen molar-refractivity contribution in [1.82, 2.24) is 0 Å². The molecule has 5 heteroatoms. The first-order valence-corrected chi connectivity index (χ1v) is 8.60. The molecule has 0 N–H and O–H groups in total. The zero-order valence-electron chi connectivity index (χ0n) is 12.1. The summed E-state index contributed by atoms with van der Waals surface area (Å²) in [5.41, 5.74) is 2.20. The number of aryl methyl sites for hydroxylation is 1. The summed E-state index contributed by atoms with van der Waals surface area (Å²) in [7, 11) is -3.28. The number of hydrogen-bond donors (Lipinski definition) is 0. The first-order valence-electron chi connectivity index (χ1n) is 6.71. The zero-order chi connectivity index (χ0) is 15.0. The van der Waals surface area contributed by atoms with Gasteiger partial charge in [0.05, 0.1) is 10.4 Å². The highest BCUT2D eigenvalue weighted by Gasteiger charge is 2.37. The lowest BCUT2D eigenvalue weighted by molar-refractivity contribution is 0.452. The van der Waals surface area contributed by atoms with Crippen LogP contribution < -0.4 is 0 Å². The van der Waals surface area contributed by atoms with Crippen LogP contribution in [-0.2, 0) is 20.2 Å². The van der Waals surface area contributed by atoms with Crippen LogP contribution in [0.4, 0.5) is 0 Å². The summed E-state index contributed by atoms with van der Waals surface area (Å²) in [6.45, 7) is 3.85. The molecule has 0 heterocycles. The molecule has 0 saturated heterocycles. The third kappa shape index (κ3) is 2.56. The van der Waals surface area contributed by atoms with Gasteiger partial charge >= 0.3 is 0 Å². The topological polar surface area (TPSA) is 63.6 Å². The van der Waals surface area contributed by atoms with Crippen LogP contribution in [0.25, 0.3) is 0 Å². The van der Waals surface area contributed by atoms with E-state index in [9.17, 15) is 13.2 Å². The second-order valence-electron chi connectivity index (χ2n) is 5.63. The van der Waals surface area contributed by atoms with Crippen LogP contribution in [-0.4, -0.2) is 20.8 Å². The molecule has 0 aromatic heterocycles. The number of carbonyl (C=O) groups excluding carboxylic acids is 1. The van der Waals surface area contributed by atoms with Gasteiger partial charge in [0, 0.05) is 6.26 Å². The predicted molar refractivity (Wildman–Crippen MR) is 77.3 cm³/mol. The minimum atomic E-state index is -3.28. The Hall–Kier alpha value is -1.45. The van der Waals surface area contributed by atoms with Crippen molar-refractivity contribution in [3.63, 3.8) is 0 Å². The monoisotopic (exact) mass is 293 g/mol. The average Bonchev–Trinajstić information content (AvgIpc) is 2.81. The van der Waals surface area contributed by atoms with Gasteiger partial charge in [-0.3, -0.25) is 0 Å². The molecule has 0 amide bonds. The fourth-order valence-corrected chi connectivity index (χ4v) is 3.74. The van der Waals surface area contributed by atoms with E-state index in [1.807, 2.05) is 13.8 Å². The lowest BCUT2D eigenvalue weighted by Gasteiger charge is -2.26. The molecule has 1 aliphatic rings. The van der Waals surface area contributed by atoms with Crippen molar-refractivity contribution in [3.05, 3.63) is 28.8 Å². The van der Waals surface area contributed by atoms with Crippen LogP contribution in [0.5, 0.6) is 0 Å². The summed E-state index contributed by atoms with van der Waals surface area (Å²) in [5, 5.41) is 0. The van der Waals surface area contributed by atoms with E-state index < -0.39 is 15.4 Å². The summed E-state index contributed by atoms with van der Waals surface area (Å²) in [6.07, 6.45) is 6.41. The van der Waals surface area contributed by atoms with Gasteiger partial charge in [-0.25, -0.2) is 13.2 Å². The van der Waals surface area contributed by atoms with E-state index in [0.717, 1.165) is 42.4 Å². The zero-order valence-corrected chi connectivity index (χ0v) is 12.9. The smallest absolute Gasteiger partial charge is 0.224 e. The summed E-state index contributed by atoms with van der Waals surface area (Å²) in [4.78, 5) is 15.2. The first kappa shape index (κ1) is 14.9. The third-order valence-electron chi connectivity index (χ3n) is 4.26. The molecule has 0 radical (unpaired) electrons. The molecule has 1 aromatic rings. The molecule has 1 aromatic carbocycles. The van der Waals surface area contributed by atoms with Gasteiger partial charge in [-0.05, 0) is 55.5 Å². The van der Waals surface area contributed by atoms with E-state index in [0.29, 0.717) is 4.90 Å². The van der Waals surface area contributed by atoms with Crippen LogP contribution in [0.15, 0.2) is 22.0 Å². The van der Waals surface area contributed by atoms with E-state index in [1.165, 1.54) is 6.26 Å². The van der Waals surface area contributed by atoms with Crippen LogP contribution in [0, 0.1) is 13.8 Å². The minimum Gasteiger partial charge on any atom is -0.224 e. The van der Waals surface area contributed by atoms with E-state index in [2.05, 4.69) is 4.99 Å². The van der Waals surface area contributed by atoms with Gasteiger partial charge in [0.2, 0.25) is 6.08 Å². The number of aliphatic imine (C=N–C) groups is 1. The maximum Gasteiger partial charge on any atom is 0.235 e. The predicted octanol–water partition coefficient (Wildman–Crippen LogP) is 2.81. The molecule has 2 rings (SSSR count). The van der Waals surface area contributed by atoms with E-state index in [4.69, 9.17) is 0 Å². The second kappa shape index (κ2) is 5.15. The van der Waals surface area contributed by atoms with Gasteiger partial charge in [0.25, 0.3) is 0 Å². The van der Waals surface area contributed by atoms with Crippen molar-refractivity contribution in [3.8, 4) is 0 Å². The fourth-order valence-electron chi connectivity index (χ4n) is 3.01. The minimum absolute atomic E-state index is 0.294. The van der Waals surface area contributed by atoms with Crippen LogP contribution >= 0.6 is 0 Å². The molecule has 4 nitrogen and oxygen atoms in total. The Morgan fingerprint density at radius 3 is 2.30 bits per heavy atom. The molecular weight excluding hydrogens is 274 g/mol. The Morgan fingerprint density at radius 2 is 1.80 bits per heavy atom. The van der Waals surface area contributed by atoms with Gasteiger partial charge in [-0.2, -0.15) is 4.99 Å². The molecule has 1 fully saturated rings. The number of isocyanates is 1. The van der Waals surface area contributed by atoms with Gasteiger partial charge in [0.15, 0.2) is 9.84 Å². The van der Waals surface area contributed by atoms with Crippen molar-refractivity contribution in [2.45, 2.75) is 50.0 Å². The highest BCUT2D eigenvalue weighted by molar-refractivity contribution is 7.90. The highest BCUT2D eigenvalue weighted by atomic mass is 32.2. The average molecular weight is 293 g/mol. The molecule has 1 saturated carbocycles. The lowest BCUT2D eigenvalue weighted by Crippen LogP contribution is -2.21. The molecule has 20 heavy (non-hydrogen) atoms. The molecule has 0 atom stereocenters. The number of benzene rings is 1. The number of rotatable bonds is 3. The Bertz CT molecular complexity index is 679. The van der Waals surface area contributed by atoms with Gasteiger partial charge in [-0.15, -0.1) is 0 Å². The Labute approximate surface area is 119 Å². The maximum atomic E-state index is 11.8. The van der Waals surface area contributed by atoms with Gasteiger partial charge < -0.3 is 0 Å². The molecule has 0 bridgehead atoms. The SMILES string of the molecule is Cc1cc(S(C)(=O)=O)cc(C2(N=C=O)CCCC2)c1C. The summed E-state index contributed by atoms with van der Waals surface area (Å²) in [6, 6.07) is 3.37. The Morgan fingerprint density at radius 1 is 1.20 bits per heavy atom. The molecule has 0 aliphatic heterocycles. The maximum absolute atomic E-state index is 11.8. The van der Waals surface area contributed by atoms with Gasteiger partial charge in [0.1, 0.15) is 0 Å². The standard InChI is InChI=1S/C15H19NO3S/c1-11-8-13(20(3,18)19)9-14(12(11)2)15(16-10-17)6-4-5-7-15/h8-9H,4-7H2,1-3H3. The van der Waals surface area contributed by atoms with Crippen LogP contribution in [0.3, 0.4) is 0 Å². The van der Waals surface area contributed by atoms with Crippen molar-refractivity contribution in [1.29, 1.82) is 0 Å². The van der Waals surface area contributed by atoms with E-state index >= 15 is 0 Å². The first-order chi connectivity index (χ1) is 9.30. The number of hydrogen-bond acceptors (Lipinski definition) is 4. The second-order valence-corrected chi connectivity index (χ2v) is 7.64. The lowest BCUT2D eigenvalue weighted by atomic mass is 9.84. The number of sulfone groups is 1. The molecule has 0 spiro atoms.